The molecule has 1 N–H and O–H groups in total. The number of halogens is 1. The monoisotopic (exact) mass is 491 g/mol. The highest BCUT2D eigenvalue weighted by molar-refractivity contribution is 8.26. The minimum Gasteiger partial charge on any atom is -0.300 e. The summed E-state index contributed by atoms with van der Waals surface area (Å²) >= 11 is 15.6. The molecule has 30 heavy (non-hydrogen) atoms. The molecule has 1 fully saturated rings. The molecule has 2 aromatic heterocycles. The van der Waals surface area contributed by atoms with Crippen molar-refractivity contribution in [2.75, 3.05) is 11.9 Å². The number of hydrogen-bond acceptors (Lipinski definition) is 7. The number of hydrogen-bond donors (Lipinski definition) is 1. The molecule has 10 heteroatoms. The van der Waals surface area contributed by atoms with Gasteiger partial charge in [0, 0.05) is 27.4 Å². The molecule has 1 aliphatic rings. The van der Waals surface area contributed by atoms with Gasteiger partial charge in [-0.15, -0.1) is 22.7 Å². The van der Waals surface area contributed by atoms with E-state index >= 15 is 0 Å². The average Bonchev–Trinajstić information content (AvgIpc) is 3.43. The minimum atomic E-state index is -0.345. The zero-order valence-electron chi connectivity index (χ0n) is 15.3. The number of nitrogens with zero attached hydrogens (tertiary/aromatic N) is 2. The zero-order chi connectivity index (χ0) is 21.1. The molecule has 4 rings (SSSR count). The van der Waals surface area contributed by atoms with Gasteiger partial charge < -0.3 is 5.32 Å². The largest absolute Gasteiger partial charge is 0.300 e. The van der Waals surface area contributed by atoms with Crippen molar-refractivity contribution in [2.24, 2.45) is 0 Å². The van der Waals surface area contributed by atoms with E-state index in [2.05, 4.69) is 10.3 Å². The fraction of sp³-hybridized carbons (Fsp3) is 0.100. The Morgan fingerprint density at radius 3 is 2.87 bits per heavy atom. The van der Waals surface area contributed by atoms with E-state index < -0.39 is 0 Å². The fourth-order valence-electron chi connectivity index (χ4n) is 2.72. The van der Waals surface area contributed by atoms with Crippen LogP contribution in [0.15, 0.2) is 52.9 Å². The Hall–Kier alpha value is -2.04. The third-order valence-corrected chi connectivity index (χ3v) is 7.59. The second-order valence-corrected chi connectivity index (χ2v) is 10.4. The summed E-state index contributed by atoms with van der Waals surface area (Å²) in [5.74, 6) is -0.602. The molecule has 0 spiro atoms. The Labute approximate surface area is 195 Å². The lowest BCUT2D eigenvalue weighted by Gasteiger charge is -2.13. The number of anilines is 1. The molecule has 0 bridgehead atoms. The van der Waals surface area contributed by atoms with Crippen LogP contribution in [0.2, 0.25) is 5.02 Å². The van der Waals surface area contributed by atoms with Crippen LogP contribution in [0.4, 0.5) is 5.13 Å². The second kappa shape index (κ2) is 9.40. The number of thiazole rings is 1. The fourth-order valence-corrected chi connectivity index (χ4v) is 5.75. The van der Waals surface area contributed by atoms with E-state index in [-0.39, 0.29) is 18.4 Å². The van der Waals surface area contributed by atoms with Crippen molar-refractivity contribution in [1.82, 2.24) is 9.88 Å². The van der Waals surface area contributed by atoms with Gasteiger partial charge in [-0.25, -0.2) is 4.98 Å². The van der Waals surface area contributed by atoms with Gasteiger partial charge in [0.1, 0.15) is 10.9 Å². The number of carbonyl (C=O) groups is 2. The number of rotatable bonds is 6. The number of aromatic nitrogens is 1. The van der Waals surface area contributed by atoms with Crippen LogP contribution in [0.1, 0.15) is 15.3 Å². The number of thioether (sulfide) groups is 1. The Morgan fingerprint density at radius 2 is 2.10 bits per heavy atom. The van der Waals surface area contributed by atoms with Crippen molar-refractivity contribution < 1.29 is 9.59 Å². The summed E-state index contributed by atoms with van der Waals surface area (Å²) in [6.45, 7) is -0.147. The lowest BCUT2D eigenvalue weighted by atomic mass is 10.1. The molecule has 0 unspecified atom stereocenters. The number of thiocarbonyl (C=S) groups is 1. The van der Waals surface area contributed by atoms with E-state index in [0.717, 1.165) is 15.3 Å². The molecule has 2 amide bonds. The minimum absolute atomic E-state index is 0.147. The molecule has 0 saturated carbocycles. The van der Waals surface area contributed by atoms with E-state index in [0.29, 0.717) is 25.8 Å². The topological polar surface area (TPSA) is 62.3 Å². The maximum absolute atomic E-state index is 12.6. The molecule has 1 aliphatic heterocycles. The number of benzene rings is 1. The number of amides is 2. The highest BCUT2D eigenvalue weighted by atomic mass is 35.5. The Balaban J connectivity index is 1.37. The van der Waals surface area contributed by atoms with Gasteiger partial charge in [0.05, 0.1) is 4.91 Å². The van der Waals surface area contributed by atoms with Crippen LogP contribution >= 0.6 is 58.3 Å². The van der Waals surface area contributed by atoms with Crippen molar-refractivity contribution in [3.05, 3.63) is 73.2 Å². The van der Waals surface area contributed by atoms with Crippen LogP contribution in [0, 0.1) is 0 Å². The second-order valence-electron chi connectivity index (χ2n) is 6.23. The molecule has 0 radical (unpaired) electrons. The summed E-state index contributed by atoms with van der Waals surface area (Å²) in [6, 6.07) is 11.5. The zero-order valence-corrected chi connectivity index (χ0v) is 19.4. The molecule has 5 nitrogen and oxygen atoms in total. The summed E-state index contributed by atoms with van der Waals surface area (Å²) in [7, 11) is 0. The lowest BCUT2D eigenvalue weighted by molar-refractivity contribution is -0.126. The van der Waals surface area contributed by atoms with Gasteiger partial charge in [-0.05, 0) is 29.2 Å². The summed E-state index contributed by atoms with van der Waals surface area (Å²) in [5.41, 5.74) is 0.996. The van der Waals surface area contributed by atoms with Crippen LogP contribution < -0.4 is 5.32 Å². The maximum Gasteiger partial charge on any atom is 0.266 e. The van der Waals surface area contributed by atoms with Crippen LogP contribution in [-0.4, -0.2) is 32.6 Å². The van der Waals surface area contributed by atoms with Crippen molar-refractivity contribution >= 4 is 85.6 Å². The highest BCUT2D eigenvalue weighted by Crippen LogP contribution is 2.33. The first-order valence-electron chi connectivity index (χ1n) is 8.76. The summed E-state index contributed by atoms with van der Waals surface area (Å²) < 4.78 is 0.372. The smallest absolute Gasteiger partial charge is 0.266 e. The van der Waals surface area contributed by atoms with Gasteiger partial charge in [0.15, 0.2) is 5.13 Å². The molecular weight excluding hydrogens is 478 g/mol. The Bertz CT molecular complexity index is 1140. The van der Waals surface area contributed by atoms with Gasteiger partial charge >= 0.3 is 0 Å². The van der Waals surface area contributed by atoms with Gasteiger partial charge in [0.25, 0.3) is 5.91 Å². The number of nitrogens with one attached hydrogen (secondary N) is 1. The van der Waals surface area contributed by atoms with Gasteiger partial charge in [-0.3, -0.25) is 14.5 Å². The summed E-state index contributed by atoms with van der Waals surface area (Å²) in [6.07, 6.45) is 4.14. The van der Waals surface area contributed by atoms with E-state index in [9.17, 15) is 9.59 Å². The Morgan fingerprint density at radius 1 is 1.27 bits per heavy atom. The lowest BCUT2D eigenvalue weighted by Crippen LogP contribution is -2.36. The Kier molecular flexibility index (Phi) is 6.64. The first kappa shape index (κ1) is 21.2. The summed E-state index contributed by atoms with van der Waals surface area (Å²) in [5, 5.41) is 5.85. The molecule has 1 aromatic carbocycles. The van der Waals surface area contributed by atoms with Crippen LogP contribution in [0.3, 0.4) is 0 Å². The van der Waals surface area contributed by atoms with Gasteiger partial charge in [-0.2, -0.15) is 0 Å². The standard InChI is InChI=1S/C20H14ClN3O2S4/c21-15-6-2-1-4-12(15)8-14-10-22-19(29-14)23-17(25)11-24-18(26)16(30-20(24)27)9-13-5-3-7-28-13/h1-7,9-10H,8,11H2,(H,22,23,25)/b16-9+. The van der Waals surface area contributed by atoms with Crippen molar-refractivity contribution in [3.8, 4) is 0 Å². The van der Waals surface area contributed by atoms with E-state index in [4.69, 9.17) is 23.8 Å². The predicted octanol–water partition coefficient (Wildman–Crippen LogP) is 5.29. The molecule has 1 saturated heterocycles. The third-order valence-electron chi connectivity index (χ3n) is 4.11. The molecule has 3 heterocycles. The predicted molar refractivity (Wildman–Crippen MR) is 129 cm³/mol. The van der Waals surface area contributed by atoms with Crippen LogP contribution in [0.25, 0.3) is 6.08 Å². The molecule has 0 atom stereocenters. The van der Waals surface area contributed by atoms with Gasteiger partial charge in [-0.1, -0.05) is 59.8 Å². The molecule has 3 aromatic rings. The molecule has 152 valence electrons. The normalized spacial score (nSPS) is 15.2. The average molecular weight is 492 g/mol. The third kappa shape index (κ3) is 4.98. The number of thiophene rings is 1. The highest BCUT2D eigenvalue weighted by Gasteiger charge is 2.33. The summed E-state index contributed by atoms with van der Waals surface area (Å²) in [4.78, 5) is 33.1. The van der Waals surface area contributed by atoms with E-state index in [1.54, 1.807) is 12.3 Å². The van der Waals surface area contributed by atoms with Crippen LogP contribution in [0.5, 0.6) is 0 Å². The van der Waals surface area contributed by atoms with Crippen molar-refractivity contribution in [3.63, 3.8) is 0 Å². The number of carbonyl (C=O) groups excluding carboxylic acids is 2. The SMILES string of the molecule is O=C(CN1C(=O)/C(=C\c2cccs2)SC1=S)Nc1ncc(Cc2ccccc2Cl)s1. The van der Waals surface area contributed by atoms with E-state index in [1.165, 1.54) is 39.3 Å². The van der Waals surface area contributed by atoms with Crippen molar-refractivity contribution in [1.29, 1.82) is 0 Å². The van der Waals surface area contributed by atoms with Crippen LogP contribution in [-0.2, 0) is 16.0 Å². The first-order chi connectivity index (χ1) is 14.5. The molecular formula is C20H14ClN3O2S4. The maximum atomic E-state index is 12.6. The van der Waals surface area contributed by atoms with E-state index in [1.807, 2.05) is 41.8 Å². The van der Waals surface area contributed by atoms with Crippen molar-refractivity contribution in [2.45, 2.75) is 6.42 Å². The molecule has 0 aliphatic carbocycles. The van der Waals surface area contributed by atoms with Gasteiger partial charge in [0.2, 0.25) is 5.91 Å². The first-order valence-corrected chi connectivity index (χ1v) is 12.1. The quantitative estimate of drug-likeness (QED) is 0.375.